The average molecular weight is 191 g/mol. The summed E-state index contributed by atoms with van der Waals surface area (Å²) in [7, 11) is 3.55. The molecule has 0 aliphatic rings. The van der Waals surface area contributed by atoms with Crippen LogP contribution < -0.4 is 0 Å². The van der Waals surface area contributed by atoms with Crippen molar-refractivity contribution in [2.24, 2.45) is 0 Å². The lowest BCUT2D eigenvalue weighted by Gasteiger charge is -2.30. The largest absolute Gasteiger partial charge is 0.483 e. The lowest BCUT2D eigenvalue weighted by atomic mass is 9.98. The second-order valence-electron chi connectivity index (χ2n) is 2.93. The topological polar surface area (TPSA) is 77.8 Å². The molecule has 1 atom stereocenters. The molecule has 0 spiro atoms. The van der Waals surface area contributed by atoms with Crippen LogP contribution in [0, 0.1) is 0 Å². The van der Waals surface area contributed by atoms with E-state index in [1.165, 1.54) is 0 Å². The first-order valence-electron chi connectivity index (χ1n) is 3.85. The van der Waals surface area contributed by atoms with E-state index >= 15 is 0 Å². The summed E-state index contributed by atoms with van der Waals surface area (Å²) < 4.78 is 0. The van der Waals surface area contributed by atoms with E-state index < -0.39 is 11.5 Å². The summed E-state index contributed by atoms with van der Waals surface area (Å²) in [6.45, 7) is 3.34. The van der Waals surface area contributed by atoms with Gasteiger partial charge in [0.25, 0.3) is 6.47 Å². The predicted octanol–water partition coefficient (Wildman–Crippen LogP) is 0.502. The molecule has 0 aromatic heterocycles. The summed E-state index contributed by atoms with van der Waals surface area (Å²) >= 11 is 0. The Kier molecular flexibility index (Phi) is 7.12. The maximum atomic E-state index is 10.7. The van der Waals surface area contributed by atoms with Crippen LogP contribution in [0.3, 0.4) is 0 Å². The molecule has 0 heterocycles. The Labute approximate surface area is 78.0 Å². The van der Waals surface area contributed by atoms with E-state index in [9.17, 15) is 4.79 Å². The highest BCUT2D eigenvalue weighted by Crippen LogP contribution is 2.15. The second kappa shape index (κ2) is 6.42. The van der Waals surface area contributed by atoms with Gasteiger partial charge in [-0.15, -0.1) is 0 Å². The quantitative estimate of drug-likeness (QED) is 0.635. The molecular weight excluding hydrogens is 174 g/mol. The fourth-order valence-corrected chi connectivity index (χ4v) is 0.659. The predicted molar refractivity (Wildman–Crippen MR) is 48.7 cm³/mol. The Bertz CT molecular complexity index is 170. The minimum atomic E-state index is -0.764. The molecule has 0 bridgehead atoms. The van der Waals surface area contributed by atoms with Gasteiger partial charge in [-0.3, -0.25) is 14.5 Å². The number of hydrogen-bond acceptors (Lipinski definition) is 3. The van der Waals surface area contributed by atoms with Gasteiger partial charge in [-0.2, -0.15) is 0 Å². The van der Waals surface area contributed by atoms with Crippen molar-refractivity contribution < 1.29 is 19.8 Å². The number of carboxylic acids is 1. The van der Waals surface area contributed by atoms with E-state index in [1.54, 1.807) is 25.9 Å². The van der Waals surface area contributed by atoms with Crippen molar-refractivity contribution in [2.75, 3.05) is 14.1 Å². The molecule has 0 aliphatic heterocycles. The van der Waals surface area contributed by atoms with Crippen LogP contribution in [0.1, 0.15) is 20.3 Å². The molecule has 5 heteroatoms. The molecule has 1 unspecified atom stereocenters. The van der Waals surface area contributed by atoms with E-state index in [-0.39, 0.29) is 6.47 Å². The third-order valence-corrected chi connectivity index (χ3v) is 2.14. The van der Waals surface area contributed by atoms with Crippen molar-refractivity contribution in [1.29, 1.82) is 0 Å². The van der Waals surface area contributed by atoms with Gasteiger partial charge in [0.05, 0.1) is 0 Å². The molecule has 0 rings (SSSR count). The van der Waals surface area contributed by atoms with E-state index in [2.05, 4.69) is 0 Å². The summed E-state index contributed by atoms with van der Waals surface area (Å²) in [6, 6.07) is 0. The van der Waals surface area contributed by atoms with Gasteiger partial charge in [0.15, 0.2) is 0 Å². The van der Waals surface area contributed by atoms with Crippen molar-refractivity contribution in [3.8, 4) is 0 Å². The average Bonchev–Trinajstić information content (AvgIpc) is 2.03. The number of likely N-dealkylation sites (N-methyl/N-ethyl adjacent to an activating group) is 1. The Morgan fingerprint density at radius 2 is 1.85 bits per heavy atom. The van der Waals surface area contributed by atoms with Gasteiger partial charge >= 0.3 is 5.97 Å². The molecule has 5 nitrogen and oxygen atoms in total. The maximum absolute atomic E-state index is 10.7. The smallest absolute Gasteiger partial charge is 0.323 e. The highest BCUT2D eigenvalue weighted by molar-refractivity contribution is 5.78. The Morgan fingerprint density at radius 1 is 1.54 bits per heavy atom. The van der Waals surface area contributed by atoms with Crippen LogP contribution in [0.25, 0.3) is 0 Å². The van der Waals surface area contributed by atoms with Crippen LogP contribution in [0.2, 0.25) is 0 Å². The molecule has 0 radical (unpaired) electrons. The van der Waals surface area contributed by atoms with Gasteiger partial charge in [0.2, 0.25) is 0 Å². The Morgan fingerprint density at radius 3 is 1.85 bits per heavy atom. The Hall–Kier alpha value is -1.10. The molecule has 0 saturated heterocycles. The monoisotopic (exact) mass is 191 g/mol. The first-order valence-corrected chi connectivity index (χ1v) is 3.85. The van der Waals surface area contributed by atoms with Crippen LogP contribution in [-0.4, -0.2) is 47.2 Å². The number of aliphatic carboxylic acids is 1. The number of hydrogen-bond donors (Lipinski definition) is 2. The zero-order chi connectivity index (χ0) is 11.1. The van der Waals surface area contributed by atoms with Crippen molar-refractivity contribution in [3.63, 3.8) is 0 Å². The summed E-state index contributed by atoms with van der Waals surface area (Å²) in [5, 5.41) is 15.7. The van der Waals surface area contributed by atoms with E-state index in [1.807, 2.05) is 6.92 Å². The van der Waals surface area contributed by atoms with Gasteiger partial charge < -0.3 is 10.2 Å². The van der Waals surface area contributed by atoms with Gasteiger partial charge in [-0.05, 0) is 27.4 Å². The molecule has 78 valence electrons. The normalized spacial score (nSPS) is 13.9. The lowest BCUT2D eigenvalue weighted by Crippen LogP contribution is -2.47. The molecule has 13 heavy (non-hydrogen) atoms. The highest BCUT2D eigenvalue weighted by Gasteiger charge is 2.32. The summed E-state index contributed by atoms with van der Waals surface area (Å²) in [6.07, 6.45) is 0.620. The lowest BCUT2D eigenvalue weighted by molar-refractivity contribution is -0.149. The van der Waals surface area contributed by atoms with E-state index in [4.69, 9.17) is 15.0 Å². The SMILES string of the molecule is CCC(C)(C(=O)O)N(C)C.O=CO. The van der Waals surface area contributed by atoms with Crippen LogP contribution in [0.15, 0.2) is 0 Å². The van der Waals surface area contributed by atoms with Crippen LogP contribution in [0.5, 0.6) is 0 Å². The first-order chi connectivity index (χ1) is 5.86. The fraction of sp³-hybridized carbons (Fsp3) is 0.750. The molecule has 2 N–H and O–H groups in total. The standard InChI is InChI=1S/C7H15NO2.CH2O2/c1-5-7(2,6(9)10)8(3)4;2-1-3/h5H2,1-4H3,(H,9,10);1H,(H,2,3). The molecule has 0 aliphatic carbocycles. The summed E-state index contributed by atoms with van der Waals surface area (Å²) in [5.74, 6) is -0.764. The zero-order valence-corrected chi connectivity index (χ0v) is 8.44. The van der Waals surface area contributed by atoms with Crippen LogP contribution in [-0.2, 0) is 9.59 Å². The molecule has 0 aromatic carbocycles. The molecule has 0 aromatic rings. The number of carbonyl (C=O) groups is 2. The Balaban J connectivity index is 0. The van der Waals surface area contributed by atoms with Crippen LogP contribution >= 0.6 is 0 Å². The maximum Gasteiger partial charge on any atom is 0.323 e. The third kappa shape index (κ3) is 4.47. The van der Waals surface area contributed by atoms with Crippen LogP contribution in [0.4, 0.5) is 0 Å². The minimum Gasteiger partial charge on any atom is -0.483 e. The number of nitrogens with zero attached hydrogens (tertiary/aromatic N) is 1. The van der Waals surface area contributed by atoms with Crippen molar-refractivity contribution in [3.05, 3.63) is 0 Å². The summed E-state index contributed by atoms with van der Waals surface area (Å²) in [5.41, 5.74) is -0.708. The van der Waals surface area contributed by atoms with E-state index in [0.717, 1.165) is 0 Å². The zero-order valence-electron chi connectivity index (χ0n) is 8.44. The van der Waals surface area contributed by atoms with Crippen molar-refractivity contribution in [1.82, 2.24) is 4.90 Å². The van der Waals surface area contributed by atoms with Gasteiger partial charge in [-0.1, -0.05) is 6.92 Å². The van der Waals surface area contributed by atoms with Gasteiger partial charge in [-0.25, -0.2) is 0 Å². The van der Waals surface area contributed by atoms with Gasteiger partial charge in [0.1, 0.15) is 5.54 Å². The van der Waals surface area contributed by atoms with Gasteiger partial charge in [0, 0.05) is 0 Å². The number of carboxylic acid groups (broad SMARTS) is 2. The minimum absolute atomic E-state index is 0.250. The molecule has 0 saturated carbocycles. The number of rotatable bonds is 3. The van der Waals surface area contributed by atoms with E-state index in [0.29, 0.717) is 6.42 Å². The fourth-order valence-electron chi connectivity index (χ4n) is 0.659. The molecular formula is C8H17NO4. The third-order valence-electron chi connectivity index (χ3n) is 2.14. The highest BCUT2D eigenvalue weighted by atomic mass is 16.4. The van der Waals surface area contributed by atoms with Crippen molar-refractivity contribution in [2.45, 2.75) is 25.8 Å². The summed E-state index contributed by atoms with van der Waals surface area (Å²) in [4.78, 5) is 20.7. The van der Waals surface area contributed by atoms with Crippen molar-refractivity contribution >= 4 is 12.4 Å². The second-order valence-corrected chi connectivity index (χ2v) is 2.93. The molecule has 0 fully saturated rings. The molecule has 0 amide bonds. The first kappa shape index (κ1) is 14.4.